The summed E-state index contributed by atoms with van der Waals surface area (Å²) in [6, 6.07) is 5.65. The van der Waals surface area contributed by atoms with Crippen LogP contribution in [-0.4, -0.2) is 39.7 Å². The fraction of sp³-hybridized carbons (Fsp3) is 0.389. The van der Waals surface area contributed by atoms with Gasteiger partial charge in [0.15, 0.2) is 6.10 Å². The standard InChI is InChI=1S/C18H23N5O5/c1-5-11(2)22-16(8-9-20-22)21-17(24)12(3)28-18(25)13-6-7-14(19-4)15(10-13)23(26)27/h6-12,19H,5H2,1-4H3,(H,21,24)/t11-,12+/m1/s1. The topological polar surface area (TPSA) is 128 Å². The lowest BCUT2D eigenvalue weighted by Crippen LogP contribution is -2.31. The third-order valence-corrected chi connectivity index (χ3v) is 4.28. The Morgan fingerprint density at radius 1 is 1.32 bits per heavy atom. The maximum absolute atomic E-state index is 12.4. The van der Waals surface area contributed by atoms with Crippen molar-refractivity contribution < 1.29 is 19.2 Å². The zero-order chi connectivity index (χ0) is 20.8. The van der Waals surface area contributed by atoms with E-state index in [0.717, 1.165) is 12.5 Å². The second-order valence-corrected chi connectivity index (χ2v) is 6.19. The van der Waals surface area contributed by atoms with Gasteiger partial charge < -0.3 is 15.4 Å². The summed E-state index contributed by atoms with van der Waals surface area (Å²) < 4.78 is 6.83. The Morgan fingerprint density at radius 3 is 2.64 bits per heavy atom. The molecule has 1 amide bonds. The Balaban J connectivity index is 2.08. The molecular weight excluding hydrogens is 366 g/mol. The molecule has 1 heterocycles. The van der Waals surface area contributed by atoms with E-state index >= 15 is 0 Å². The Kier molecular flexibility index (Phi) is 6.69. The quantitative estimate of drug-likeness (QED) is 0.403. The van der Waals surface area contributed by atoms with Crippen molar-refractivity contribution in [3.05, 3.63) is 46.1 Å². The number of esters is 1. The maximum atomic E-state index is 12.4. The van der Waals surface area contributed by atoms with Crippen LogP contribution in [0.2, 0.25) is 0 Å². The summed E-state index contributed by atoms with van der Waals surface area (Å²) >= 11 is 0. The van der Waals surface area contributed by atoms with E-state index in [0.29, 0.717) is 5.82 Å². The molecule has 0 bridgehead atoms. The average molecular weight is 389 g/mol. The molecule has 0 aliphatic heterocycles. The number of rotatable bonds is 8. The van der Waals surface area contributed by atoms with Gasteiger partial charge in [0.1, 0.15) is 11.5 Å². The van der Waals surface area contributed by atoms with E-state index in [1.807, 2.05) is 13.8 Å². The van der Waals surface area contributed by atoms with E-state index < -0.39 is 22.9 Å². The number of hydrogen-bond donors (Lipinski definition) is 2. The largest absolute Gasteiger partial charge is 0.449 e. The SMILES string of the molecule is CC[C@@H](C)n1nccc1NC(=O)[C@H](C)OC(=O)c1ccc(NC)c([N+](=O)[O-])c1. The molecule has 0 aliphatic rings. The molecule has 0 radical (unpaired) electrons. The van der Waals surface area contributed by atoms with Crippen LogP contribution in [0.1, 0.15) is 43.6 Å². The molecule has 10 nitrogen and oxygen atoms in total. The number of carbonyl (C=O) groups is 2. The van der Waals surface area contributed by atoms with E-state index in [4.69, 9.17) is 4.74 Å². The Hall–Kier alpha value is -3.43. The molecule has 0 saturated carbocycles. The Bertz CT molecular complexity index is 879. The lowest BCUT2D eigenvalue weighted by Gasteiger charge is -2.17. The lowest BCUT2D eigenvalue weighted by molar-refractivity contribution is -0.384. The highest BCUT2D eigenvalue weighted by Gasteiger charge is 2.23. The predicted molar refractivity (Wildman–Crippen MR) is 103 cm³/mol. The van der Waals surface area contributed by atoms with Crippen LogP contribution >= 0.6 is 0 Å². The molecule has 2 rings (SSSR count). The number of anilines is 2. The van der Waals surface area contributed by atoms with Gasteiger partial charge in [0, 0.05) is 19.2 Å². The molecule has 10 heteroatoms. The van der Waals surface area contributed by atoms with Crippen LogP contribution in [0.3, 0.4) is 0 Å². The van der Waals surface area contributed by atoms with Crippen LogP contribution in [-0.2, 0) is 9.53 Å². The third-order valence-electron chi connectivity index (χ3n) is 4.28. The van der Waals surface area contributed by atoms with Gasteiger partial charge >= 0.3 is 5.97 Å². The fourth-order valence-electron chi connectivity index (χ4n) is 2.47. The summed E-state index contributed by atoms with van der Waals surface area (Å²) in [5, 5.41) is 20.6. The number of nitro groups is 1. The first kappa shape index (κ1) is 20.9. The number of hydrogen-bond acceptors (Lipinski definition) is 7. The monoisotopic (exact) mass is 389 g/mol. The molecule has 1 aromatic heterocycles. The molecule has 0 spiro atoms. The van der Waals surface area contributed by atoms with Crippen molar-refractivity contribution in [3.8, 4) is 0 Å². The Labute approximate surface area is 162 Å². The van der Waals surface area contributed by atoms with Crippen molar-refractivity contribution >= 4 is 29.1 Å². The molecule has 0 fully saturated rings. The van der Waals surface area contributed by atoms with Gasteiger partial charge in [-0.2, -0.15) is 5.10 Å². The van der Waals surface area contributed by atoms with E-state index in [-0.39, 0.29) is 23.0 Å². The van der Waals surface area contributed by atoms with Crippen LogP contribution < -0.4 is 10.6 Å². The van der Waals surface area contributed by atoms with Gasteiger partial charge in [-0.3, -0.25) is 14.9 Å². The molecule has 2 atom stereocenters. The summed E-state index contributed by atoms with van der Waals surface area (Å²) in [6.45, 7) is 5.39. The van der Waals surface area contributed by atoms with Gasteiger partial charge in [-0.15, -0.1) is 0 Å². The third kappa shape index (κ3) is 4.64. The smallest absolute Gasteiger partial charge is 0.339 e. The predicted octanol–water partition coefficient (Wildman–Crippen LogP) is 2.99. The number of benzene rings is 1. The minimum atomic E-state index is -1.10. The van der Waals surface area contributed by atoms with Crippen LogP contribution in [0, 0.1) is 10.1 Å². The van der Waals surface area contributed by atoms with E-state index in [9.17, 15) is 19.7 Å². The molecule has 28 heavy (non-hydrogen) atoms. The highest BCUT2D eigenvalue weighted by atomic mass is 16.6. The maximum Gasteiger partial charge on any atom is 0.339 e. The lowest BCUT2D eigenvalue weighted by atomic mass is 10.1. The van der Waals surface area contributed by atoms with Crippen molar-refractivity contribution in [3.63, 3.8) is 0 Å². The normalized spacial score (nSPS) is 12.7. The van der Waals surface area contributed by atoms with Gasteiger partial charge in [0.25, 0.3) is 11.6 Å². The number of ether oxygens (including phenoxy) is 1. The number of nitro benzene ring substituents is 1. The Morgan fingerprint density at radius 2 is 2.04 bits per heavy atom. The molecule has 2 N–H and O–H groups in total. The minimum absolute atomic E-state index is 0.0185. The van der Waals surface area contributed by atoms with Crippen LogP contribution in [0.15, 0.2) is 30.5 Å². The van der Waals surface area contributed by atoms with E-state index in [1.54, 1.807) is 16.9 Å². The van der Waals surface area contributed by atoms with Crippen LogP contribution in [0.5, 0.6) is 0 Å². The van der Waals surface area contributed by atoms with Crippen molar-refractivity contribution in [1.82, 2.24) is 9.78 Å². The second-order valence-electron chi connectivity index (χ2n) is 6.19. The average Bonchev–Trinajstić information content (AvgIpc) is 3.14. The first-order valence-corrected chi connectivity index (χ1v) is 8.80. The highest BCUT2D eigenvalue weighted by molar-refractivity contribution is 5.97. The van der Waals surface area contributed by atoms with Gasteiger partial charge in [0.05, 0.1) is 22.7 Å². The van der Waals surface area contributed by atoms with Crippen molar-refractivity contribution in [1.29, 1.82) is 0 Å². The molecule has 0 aliphatic carbocycles. The summed E-state index contributed by atoms with van der Waals surface area (Å²) in [4.78, 5) is 35.2. The minimum Gasteiger partial charge on any atom is -0.449 e. The zero-order valence-corrected chi connectivity index (χ0v) is 16.1. The molecule has 0 unspecified atom stereocenters. The summed E-state index contributed by atoms with van der Waals surface area (Å²) in [5.74, 6) is -0.861. The number of nitrogens with zero attached hydrogens (tertiary/aromatic N) is 3. The summed E-state index contributed by atoms with van der Waals surface area (Å²) in [6.07, 6.45) is 1.30. The number of carbonyl (C=O) groups excluding carboxylic acids is 2. The second kappa shape index (κ2) is 8.98. The van der Waals surface area contributed by atoms with Crippen molar-refractivity contribution in [2.75, 3.05) is 17.7 Å². The van der Waals surface area contributed by atoms with Gasteiger partial charge in [-0.25, -0.2) is 9.48 Å². The van der Waals surface area contributed by atoms with Crippen LogP contribution in [0.25, 0.3) is 0 Å². The number of nitrogens with one attached hydrogen (secondary N) is 2. The van der Waals surface area contributed by atoms with E-state index in [1.165, 1.54) is 26.1 Å². The molecule has 2 aromatic rings. The first-order chi connectivity index (χ1) is 13.3. The van der Waals surface area contributed by atoms with Crippen molar-refractivity contribution in [2.24, 2.45) is 0 Å². The van der Waals surface area contributed by atoms with Gasteiger partial charge in [-0.05, 0) is 32.4 Å². The molecular formula is C18H23N5O5. The van der Waals surface area contributed by atoms with Gasteiger partial charge in [-0.1, -0.05) is 6.92 Å². The highest BCUT2D eigenvalue weighted by Crippen LogP contribution is 2.25. The number of aromatic nitrogens is 2. The molecule has 1 aromatic carbocycles. The van der Waals surface area contributed by atoms with Crippen molar-refractivity contribution in [2.45, 2.75) is 39.3 Å². The summed E-state index contributed by atoms with van der Waals surface area (Å²) in [7, 11) is 1.54. The van der Waals surface area contributed by atoms with E-state index in [2.05, 4.69) is 15.7 Å². The first-order valence-electron chi connectivity index (χ1n) is 8.80. The molecule has 150 valence electrons. The fourth-order valence-corrected chi connectivity index (χ4v) is 2.47. The summed E-state index contributed by atoms with van der Waals surface area (Å²) in [5.41, 5.74) is -0.00726. The zero-order valence-electron chi connectivity index (χ0n) is 16.1. The van der Waals surface area contributed by atoms with Crippen LogP contribution in [0.4, 0.5) is 17.2 Å². The molecule has 0 saturated heterocycles. The van der Waals surface area contributed by atoms with Gasteiger partial charge in [0.2, 0.25) is 0 Å². The number of amides is 1.